The highest BCUT2D eigenvalue weighted by atomic mass is 79.9. The van der Waals surface area contributed by atoms with E-state index in [1.165, 1.54) is 51.7 Å². The van der Waals surface area contributed by atoms with E-state index in [-0.39, 0.29) is 5.75 Å². The maximum Gasteiger partial charge on any atom is 0.129 e. The van der Waals surface area contributed by atoms with E-state index >= 15 is 0 Å². The lowest BCUT2D eigenvalue weighted by Crippen LogP contribution is -2.42. The maximum absolute atomic E-state index is 9.60. The molecule has 1 aromatic rings. The lowest BCUT2D eigenvalue weighted by atomic mass is 9.90. The third-order valence-electron chi connectivity index (χ3n) is 5.36. The van der Waals surface area contributed by atoms with Gasteiger partial charge in [-0.3, -0.25) is 0 Å². The second kappa shape index (κ2) is 9.36. The zero-order valence-corrected chi connectivity index (χ0v) is 17.3. The van der Waals surface area contributed by atoms with Gasteiger partial charge in [0.15, 0.2) is 0 Å². The van der Waals surface area contributed by atoms with E-state index in [0.717, 1.165) is 17.5 Å². The Labute approximate surface area is 160 Å². The van der Waals surface area contributed by atoms with Gasteiger partial charge in [-0.15, -0.1) is 0 Å². The molecule has 1 aliphatic carbocycles. The van der Waals surface area contributed by atoms with Gasteiger partial charge in [0.05, 0.1) is 10.1 Å². The first-order valence-electron chi connectivity index (χ1n) is 9.39. The highest BCUT2D eigenvalue weighted by Crippen LogP contribution is 2.29. The van der Waals surface area contributed by atoms with Crippen molar-refractivity contribution in [2.75, 3.05) is 26.7 Å². The van der Waals surface area contributed by atoms with Gasteiger partial charge in [-0.05, 0) is 99.2 Å². The number of phenolic OH excluding ortho intramolecular Hbond substituents is 1. The summed E-state index contributed by atoms with van der Waals surface area (Å²) in [6.45, 7) is 7.22. The van der Waals surface area contributed by atoms with Crippen LogP contribution >= 0.6 is 15.9 Å². The summed E-state index contributed by atoms with van der Waals surface area (Å²) in [6, 6.07) is 5.88. The average Bonchev–Trinajstić information content (AvgIpc) is 2.49. The molecule has 0 bridgehead atoms. The predicted octanol–water partition coefficient (Wildman–Crippen LogP) is 3.85. The van der Waals surface area contributed by atoms with Crippen molar-refractivity contribution in [1.29, 1.82) is 0 Å². The lowest BCUT2D eigenvalue weighted by Gasteiger charge is -2.37. The molecule has 2 aliphatic rings. The van der Waals surface area contributed by atoms with Crippen molar-refractivity contribution in [3.8, 4) is 5.75 Å². The van der Waals surface area contributed by atoms with Crippen molar-refractivity contribution in [1.82, 2.24) is 10.2 Å². The SMILES string of the molecule is CC(C)(O)c1ccc(O)c(Br)c1.CN(CC1CCNCC1)C1CCC1. The molecule has 0 amide bonds. The molecule has 142 valence electrons. The third-order valence-corrected chi connectivity index (χ3v) is 5.99. The Kier molecular flexibility index (Phi) is 7.74. The number of nitrogens with one attached hydrogen (secondary N) is 1. The van der Waals surface area contributed by atoms with Gasteiger partial charge in [-0.2, -0.15) is 0 Å². The van der Waals surface area contributed by atoms with E-state index in [1.54, 1.807) is 32.0 Å². The van der Waals surface area contributed by atoms with Crippen molar-refractivity contribution in [2.24, 2.45) is 5.92 Å². The fourth-order valence-corrected chi connectivity index (χ4v) is 3.71. The standard InChI is InChI=1S/C11H22N2.C9H11BrO2/c1-13(11-3-2-4-11)9-10-5-7-12-8-6-10;1-9(2,12)6-3-4-8(11)7(10)5-6/h10-12H,2-9H2,1H3;3-5,11-12H,1-2H3. The summed E-state index contributed by atoms with van der Waals surface area (Å²) in [6.07, 6.45) is 7.12. The van der Waals surface area contributed by atoms with E-state index in [0.29, 0.717) is 4.47 Å². The van der Waals surface area contributed by atoms with Gasteiger partial charge in [-0.1, -0.05) is 12.5 Å². The van der Waals surface area contributed by atoms with Crippen LogP contribution in [0.4, 0.5) is 0 Å². The molecule has 0 radical (unpaired) electrons. The molecule has 0 spiro atoms. The summed E-state index contributed by atoms with van der Waals surface area (Å²) in [7, 11) is 2.31. The minimum absolute atomic E-state index is 0.183. The minimum atomic E-state index is -0.865. The highest BCUT2D eigenvalue weighted by molar-refractivity contribution is 9.10. The van der Waals surface area contributed by atoms with Crippen LogP contribution in [0.5, 0.6) is 5.75 Å². The number of aliphatic hydroxyl groups is 1. The molecular weight excluding hydrogens is 380 g/mol. The molecule has 0 unspecified atom stereocenters. The van der Waals surface area contributed by atoms with Gasteiger partial charge in [0, 0.05) is 12.6 Å². The number of piperidine rings is 1. The maximum atomic E-state index is 9.60. The van der Waals surface area contributed by atoms with Gasteiger partial charge in [0.1, 0.15) is 5.75 Å². The average molecular weight is 413 g/mol. The van der Waals surface area contributed by atoms with Crippen molar-refractivity contribution < 1.29 is 10.2 Å². The van der Waals surface area contributed by atoms with E-state index in [9.17, 15) is 10.2 Å². The van der Waals surface area contributed by atoms with Crippen molar-refractivity contribution in [2.45, 2.75) is 57.6 Å². The van der Waals surface area contributed by atoms with Crippen LogP contribution in [-0.4, -0.2) is 47.8 Å². The van der Waals surface area contributed by atoms with Crippen LogP contribution < -0.4 is 5.32 Å². The quantitative estimate of drug-likeness (QED) is 0.702. The highest BCUT2D eigenvalue weighted by Gasteiger charge is 2.24. The molecule has 1 aromatic carbocycles. The van der Waals surface area contributed by atoms with Crippen LogP contribution in [0.15, 0.2) is 22.7 Å². The fourth-order valence-electron chi connectivity index (χ4n) is 3.34. The molecule has 1 saturated carbocycles. The normalized spacial score (nSPS) is 19.3. The van der Waals surface area contributed by atoms with Crippen molar-refractivity contribution >= 4 is 15.9 Å². The Morgan fingerprint density at radius 1 is 1.20 bits per heavy atom. The molecule has 0 atom stereocenters. The zero-order valence-electron chi connectivity index (χ0n) is 15.8. The van der Waals surface area contributed by atoms with E-state index in [1.807, 2.05) is 0 Å². The number of benzene rings is 1. The largest absolute Gasteiger partial charge is 0.507 e. The number of phenols is 1. The predicted molar refractivity (Wildman–Crippen MR) is 107 cm³/mol. The van der Waals surface area contributed by atoms with Gasteiger partial charge in [0.25, 0.3) is 0 Å². The first-order valence-corrected chi connectivity index (χ1v) is 10.2. The molecule has 1 heterocycles. The van der Waals surface area contributed by atoms with Gasteiger partial charge in [0.2, 0.25) is 0 Å². The Balaban J connectivity index is 0.000000181. The molecule has 4 nitrogen and oxygen atoms in total. The molecule has 3 rings (SSSR count). The van der Waals surface area contributed by atoms with Gasteiger partial charge in [-0.25, -0.2) is 0 Å². The molecule has 5 heteroatoms. The van der Waals surface area contributed by atoms with Gasteiger partial charge < -0.3 is 20.4 Å². The molecule has 1 saturated heterocycles. The summed E-state index contributed by atoms with van der Waals surface area (Å²) in [5.74, 6) is 1.15. The molecule has 25 heavy (non-hydrogen) atoms. The molecule has 2 fully saturated rings. The summed E-state index contributed by atoms with van der Waals surface area (Å²) in [5, 5.41) is 22.2. The minimum Gasteiger partial charge on any atom is -0.507 e. The Morgan fingerprint density at radius 2 is 1.84 bits per heavy atom. The topological polar surface area (TPSA) is 55.7 Å². The summed E-state index contributed by atoms with van der Waals surface area (Å²) in [4.78, 5) is 2.60. The van der Waals surface area contributed by atoms with Crippen LogP contribution in [0.1, 0.15) is 51.5 Å². The molecule has 1 aliphatic heterocycles. The van der Waals surface area contributed by atoms with E-state index in [4.69, 9.17) is 0 Å². The fraction of sp³-hybridized carbons (Fsp3) is 0.700. The zero-order chi connectivity index (χ0) is 18.4. The monoisotopic (exact) mass is 412 g/mol. The van der Waals surface area contributed by atoms with Crippen LogP contribution in [0.2, 0.25) is 0 Å². The van der Waals surface area contributed by atoms with Crippen LogP contribution in [-0.2, 0) is 5.60 Å². The molecule has 0 aromatic heterocycles. The Morgan fingerprint density at radius 3 is 2.32 bits per heavy atom. The smallest absolute Gasteiger partial charge is 0.129 e. The van der Waals surface area contributed by atoms with E-state index < -0.39 is 5.60 Å². The summed E-state index contributed by atoms with van der Waals surface area (Å²) >= 11 is 3.18. The number of rotatable bonds is 4. The second-order valence-electron chi connectivity index (χ2n) is 7.94. The third kappa shape index (κ3) is 6.55. The van der Waals surface area contributed by atoms with Crippen LogP contribution in [0.25, 0.3) is 0 Å². The first-order chi connectivity index (χ1) is 11.8. The van der Waals surface area contributed by atoms with Crippen LogP contribution in [0, 0.1) is 5.92 Å². The second-order valence-corrected chi connectivity index (χ2v) is 8.80. The summed E-state index contributed by atoms with van der Waals surface area (Å²) < 4.78 is 0.599. The van der Waals surface area contributed by atoms with E-state index in [2.05, 4.69) is 33.2 Å². The Hall–Kier alpha value is -0.620. The van der Waals surface area contributed by atoms with Crippen molar-refractivity contribution in [3.05, 3.63) is 28.2 Å². The lowest BCUT2D eigenvalue weighted by molar-refractivity contribution is 0.0785. The first kappa shape index (κ1) is 20.7. The number of nitrogens with zero attached hydrogens (tertiary/aromatic N) is 1. The molecule has 3 N–H and O–H groups in total. The molecular formula is C20H33BrN2O2. The number of aromatic hydroxyl groups is 1. The summed E-state index contributed by atoms with van der Waals surface area (Å²) in [5.41, 5.74) is -0.0943. The number of hydrogen-bond donors (Lipinski definition) is 3. The van der Waals surface area contributed by atoms with Gasteiger partial charge >= 0.3 is 0 Å². The van der Waals surface area contributed by atoms with Crippen molar-refractivity contribution in [3.63, 3.8) is 0 Å². The number of hydrogen-bond acceptors (Lipinski definition) is 4. The van der Waals surface area contributed by atoms with Crippen LogP contribution in [0.3, 0.4) is 0 Å². The Bertz CT molecular complexity index is 535. The number of halogens is 1.